The van der Waals surface area contributed by atoms with E-state index < -0.39 is 10.0 Å². The molecule has 0 saturated carbocycles. The van der Waals surface area contributed by atoms with Crippen LogP contribution >= 0.6 is 11.6 Å². The highest BCUT2D eigenvalue weighted by atomic mass is 35.5. The van der Waals surface area contributed by atoms with Crippen LogP contribution in [-0.2, 0) is 21.3 Å². The molecule has 2 aromatic rings. The van der Waals surface area contributed by atoms with Crippen LogP contribution in [0.5, 0.6) is 0 Å². The molecule has 9 heteroatoms. The molecule has 1 aliphatic heterocycles. The average Bonchev–Trinajstić information content (AvgIpc) is 2.75. The normalized spacial score (nSPS) is 19.6. The molecule has 1 aliphatic rings. The molecule has 2 atom stereocenters. The Morgan fingerprint density at radius 3 is 2.27 bits per heavy atom. The fourth-order valence-corrected chi connectivity index (χ4v) is 5.75. The van der Waals surface area contributed by atoms with Crippen molar-refractivity contribution in [1.82, 2.24) is 9.21 Å². The van der Waals surface area contributed by atoms with Crippen molar-refractivity contribution < 1.29 is 17.9 Å². The van der Waals surface area contributed by atoms with Crippen molar-refractivity contribution in [2.45, 2.75) is 51.3 Å². The zero-order valence-electron chi connectivity index (χ0n) is 19.5. The summed E-state index contributed by atoms with van der Waals surface area (Å²) in [5.41, 5.74) is 1.84. The summed E-state index contributed by atoms with van der Waals surface area (Å²) in [7, 11) is -3.66. The largest absolute Gasteiger partial charge is 0.373 e. The smallest absolute Gasteiger partial charge is 0.255 e. The van der Waals surface area contributed by atoms with Crippen LogP contribution in [0.4, 0.5) is 5.69 Å². The molecule has 0 bridgehead atoms. The topological polar surface area (TPSA) is 79.0 Å². The SMILES string of the molecule is CCN(CC)S(=O)(=O)c1ccc(Cl)c(NC(=O)c2ccc(CN3CC(C)OC(C)C3)cc2)c1. The maximum absolute atomic E-state index is 12.8. The van der Waals surface area contributed by atoms with Crippen LogP contribution in [0.25, 0.3) is 0 Å². The van der Waals surface area contributed by atoms with Crippen molar-refractivity contribution in [3.05, 3.63) is 58.6 Å². The number of benzene rings is 2. The fourth-order valence-electron chi connectivity index (χ4n) is 4.10. The second-order valence-corrected chi connectivity index (χ2v) is 10.7. The quantitative estimate of drug-likeness (QED) is 0.595. The molecule has 0 spiro atoms. The van der Waals surface area contributed by atoms with Gasteiger partial charge in [0.2, 0.25) is 10.0 Å². The molecule has 33 heavy (non-hydrogen) atoms. The number of nitrogens with zero attached hydrogens (tertiary/aromatic N) is 2. The first-order valence-electron chi connectivity index (χ1n) is 11.2. The lowest BCUT2D eigenvalue weighted by atomic mass is 10.1. The number of hydrogen-bond acceptors (Lipinski definition) is 5. The molecule has 1 N–H and O–H groups in total. The van der Waals surface area contributed by atoms with Crippen LogP contribution < -0.4 is 5.32 Å². The van der Waals surface area contributed by atoms with Gasteiger partial charge in [0.15, 0.2) is 0 Å². The van der Waals surface area contributed by atoms with E-state index in [0.29, 0.717) is 18.7 Å². The monoisotopic (exact) mass is 493 g/mol. The predicted molar refractivity (Wildman–Crippen MR) is 131 cm³/mol. The van der Waals surface area contributed by atoms with Gasteiger partial charge in [0, 0.05) is 38.3 Å². The van der Waals surface area contributed by atoms with Crippen molar-refractivity contribution in [3.8, 4) is 0 Å². The van der Waals surface area contributed by atoms with Crippen molar-refractivity contribution in [2.24, 2.45) is 0 Å². The van der Waals surface area contributed by atoms with Crippen LogP contribution in [0.3, 0.4) is 0 Å². The van der Waals surface area contributed by atoms with Crippen molar-refractivity contribution in [3.63, 3.8) is 0 Å². The highest BCUT2D eigenvalue weighted by Gasteiger charge is 2.24. The zero-order valence-corrected chi connectivity index (χ0v) is 21.1. The van der Waals surface area contributed by atoms with Gasteiger partial charge in [-0.1, -0.05) is 37.6 Å². The number of anilines is 1. The molecule has 0 aliphatic carbocycles. The van der Waals surface area contributed by atoms with Gasteiger partial charge in [0.05, 0.1) is 27.8 Å². The summed E-state index contributed by atoms with van der Waals surface area (Å²) in [6, 6.07) is 11.7. The van der Waals surface area contributed by atoms with E-state index in [1.165, 1.54) is 22.5 Å². The van der Waals surface area contributed by atoms with Gasteiger partial charge in [-0.2, -0.15) is 4.31 Å². The second-order valence-electron chi connectivity index (χ2n) is 8.33. The van der Waals surface area contributed by atoms with Gasteiger partial charge in [-0.25, -0.2) is 8.42 Å². The zero-order chi connectivity index (χ0) is 24.2. The summed E-state index contributed by atoms with van der Waals surface area (Å²) in [6.07, 6.45) is 0.398. The molecule has 7 nitrogen and oxygen atoms in total. The third kappa shape index (κ3) is 6.33. The summed E-state index contributed by atoms with van der Waals surface area (Å²) in [4.78, 5) is 15.2. The first-order chi connectivity index (χ1) is 15.6. The number of ether oxygens (including phenoxy) is 1. The van der Waals surface area contributed by atoms with Crippen molar-refractivity contribution in [1.29, 1.82) is 0 Å². The summed E-state index contributed by atoms with van der Waals surface area (Å²) in [6.45, 7) is 11.0. The van der Waals surface area contributed by atoms with Crippen molar-refractivity contribution in [2.75, 3.05) is 31.5 Å². The number of amides is 1. The van der Waals surface area contributed by atoms with Crippen LogP contribution in [0.2, 0.25) is 5.02 Å². The third-order valence-electron chi connectivity index (χ3n) is 5.65. The molecular weight excluding hydrogens is 462 g/mol. The van der Waals surface area contributed by atoms with Gasteiger partial charge in [0.25, 0.3) is 5.91 Å². The third-order valence-corrected chi connectivity index (χ3v) is 8.02. The number of rotatable bonds is 8. The number of sulfonamides is 1. The fraction of sp³-hybridized carbons (Fsp3) is 0.458. The van der Waals surface area contributed by atoms with Gasteiger partial charge < -0.3 is 10.1 Å². The van der Waals surface area contributed by atoms with Crippen LogP contribution in [0.15, 0.2) is 47.4 Å². The van der Waals surface area contributed by atoms with E-state index >= 15 is 0 Å². The molecule has 3 rings (SSSR count). The highest BCUT2D eigenvalue weighted by Crippen LogP contribution is 2.27. The van der Waals surface area contributed by atoms with E-state index in [4.69, 9.17) is 16.3 Å². The van der Waals surface area contributed by atoms with E-state index in [9.17, 15) is 13.2 Å². The first-order valence-corrected chi connectivity index (χ1v) is 13.0. The van der Waals surface area contributed by atoms with Gasteiger partial charge in [-0.15, -0.1) is 0 Å². The lowest BCUT2D eigenvalue weighted by Crippen LogP contribution is -2.44. The maximum Gasteiger partial charge on any atom is 0.255 e. The Bertz CT molecular complexity index is 1060. The number of nitrogens with one attached hydrogen (secondary N) is 1. The molecule has 2 unspecified atom stereocenters. The summed E-state index contributed by atoms with van der Waals surface area (Å²) in [5.74, 6) is -0.352. The molecule has 1 amide bonds. The maximum atomic E-state index is 12.8. The van der Waals surface area contributed by atoms with Gasteiger partial charge in [0.1, 0.15) is 0 Å². The van der Waals surface area contributed by atoms with Gasteiger partial charge in [-0.05, 0) is 49.7 Å². The van der Waals surface area contributed by atoms with E-state index in [1.54, 1.807) is 26.0 Å². The van der Waals surface area contributed by atoms with Crippen molar-refractivity contribution >= 4 is 33.2 Å². The van der Waals surface area contributed by atoms with Gasteiger partial charge >= 0.3 is 0 Å². The predicted octanol–water partition coefficient (Wildman–Crippen LogP) is 4.23. The van der Waals surface area contributed by atoms with E-state index in [2.05, 4.69) is 24.1 Å². The first kappa shape index (κ1) is 25.6. The Labute approximate surface area is 201 Å². The molecule has 180 valence electrons. The minimum Gasteiger partial charge on any atom is -0.373 e. The minimum atomic E-state index is -3.66. The molecular formula is C24H32ClN3O4S. The number of carbonyl (C=O) groups is 1. The average molecular weight is 494 g/mol. The number of carbonyl (C=O) groups excluding carboxylic acids is 1. The molecule has 0 radical (unpaired) electrons. The molecule has 1 fully saturated rings. The van der Waals surface area contributed by atoms with E-state index in [1.807, 2.05) is 12.1 Å². The van der Waals surface area contributed by atoms with E-state index in [0.717, 1.165) is 25.2 Å². The Balaban J connectivity index is 1.71. The van der Waals surface area contributed by atoms with Crippen LogP contribution in [0, 0.1) is 0 Å². The number of hydrogen-bond donors (Lipinski definition) is 1. The minimum absolute atomic E-state index is 0.0928. The summed E-state index contributed by atoms with van der Waals surface area (Å²) >= 11 is 6.24. The second kappa shape index (κ2) is 11.0. The van der Waals surface area contributed by atoms with Gasteiger partial charge in [-0.3, -0.25) is 9.69 Å². The number of halogens is 1. The lowest BCUT2D eigenvalue weighted by Gasteiger charge is -2.35. The highest BCUT2D eigenvalue weighted by molar-refractivity contribution is 7.89. The molecule has 1 heterocycles. The summed E-state index contributed by atoms with van der Waals surface area (Å²) in [5, 5.41) is 3.02. The standard InChI is InChI=1S/C24H32ClN3O4S/c1-5-28(6-2)33(30,31)21-11-12-22(25)23(13-21)26-24(29)20-9-7-19(8-10-20)16-27-14-17(3)32-18(4)15-27/h7-13,17-18H,5-6,14-16H2,1-4H3,(H,26,29). The molecule has 2 aromatic carbocycles. The Morgan fingerprint density at radius 1 is 1.09 bits per heavy atom. The molecule has 0 aromatic heterocycles. The summed E-state index contributed by atoms with van der Waals surface area (Å²) < 4.78 is 32.8. The molecule has 1 saturated heterocycles. The van der Waals surface area contributed by atoms with E-state index in [-0.39, 0.29) is 33.7 Å². The lowest BCUT2D eigenvalue weighted by molar-refractivity contribution is -0.0704. The van der Waals surface area contributed by atoms with Crippen LogP contribution in [0.1, 0.15) is 43.6 Å². The Morgan fingerprint density at radius 2 is 1.70 bits per heavy atom. The Hall–Kier alpha value is -1.97. The number of morpholine rings is 1. The Kier molecular flexibility index (Phi) is 8.53. The van der Waals surface area contributed by atoms with Crippen LogP contribution in [-0.4, -0.2) is 61.9 Å².